The summed E-state index contributed by atoms with van der Waals surface area (Å²) in [6.07, 6.45) is 0. The van der Waals surface area contributed by atoms with Crippen molar-refractivity contribution in [2.24, 2.45) is 5.73 Å². The molecule has 0 aliphatic carbocycles. The summed E-state index contributed by atoms with van der Waals surface area (Å²) in [6.45, 7) is -0.172. The zero-order valence-corrected chi connectivity index (χ0v) is 16.9. The number of aromatic nitrogens is 2. The van der Waals surface area contributed by atoms with E-state index in [0.717, 1.165) is 6.07 Å². The van der Waals surface area contributed by atoms with Gasteiger partial charge in [-0.1, -0.05) is 23.2 Å². The summed E-state index contributed by atoms with van der Waals surface area (Å²) in [5.74, 6) is -1.21. The van der Waals surface area contributed by atoms with Crippen molar-refractivity contribution in [3.8, 4) is 5.75 Å². The highest BCUT2D eigenvalue weighted by molar-refractivity contribution is 6.42. The molecule has 1 aromatic heterocycles. The van der Waals surface area contributed by atoms with Gasteiger partial charge < -0.3 is 20.5 Å². The number of hydrogen-bond acceptors (Lipinski definition) is 6. The number of hydrogen-bond donors (Lipinski definition) is 2. The van der Waals surface area contributed by atoms with Crippen LogP contribution in [0.25, 0.3) is 10.9 Å². The van der Waals surface area contributed by atoms with Crippen LogP contribution in [-0.2, 0) is 4.74 Å². The Kier molecular flexibility index (Phi) is 7.20. The Hall–Kier alpha value is -2.75. The van der Waals surface area contributed by atoms with Crippen LogP contribution in [0.2, 0.25) is 10.0 Å². The molecule has 0 aliphatic rings. The van der Waals surface area contributed by atoms with Crippen LogP contribution >= 0.6 is 23.2 Å². The molecule has 30 heavy (non-hydrogen) atoms. The summed E-state index contributed by atoms with van der Waals surface area (Å²) in [5, 5.41) is 3.47. The number of rotatable bonds is 9. The van der Waals surface area contributed by atoms with E-state index in [1.54, 1.807) is 18.2 Å². The number of fused-ring (bicyclic) bond motifs is 1. The number of ether oxygens (including phenoxy) is 2. The number of nitrogens with one attached hydrogen (secondary N) is 1. The van der Waals surface area contributed by atoms with Gasteiger partial charge in [0, 0.05) is 11.5 Å². The van der Waals surface area contributed by atoms with Crippen LogP contribution in [0.3, 0.4) is 0 Å². The lowest BCUT2D eigenvalue weighted by Gasteiger charge is -2.13. The van der Waals surface area contributed by atoms with E-state index < -0.39 is 18.4 Å². The van der Waals surface area contributed by atoms with E-state index in [1.807, 2.05) is 0 Å². The normalized spacial score (nSPS) is 10.9. The second-order valence-electron chi connectivity index (χ2n) is 5.96. The van der Waals surface area contributed by atoms with Gasteiger partial charge in [-0.2, -0.15) is 0 Å². The lowest BCUT2D eigenvalue weighted by atomic mass is 10.2. The Balaban J connectivity index is 1.93. The summed E-state index contributed by atoms with van der Waals surface area (Å²) in [7, 11) is 0. The van der Waals surface area contributed by atoms with Crippen molar-refractivity contribution in [3.05, 3.63) is 52.0 Å². The number of benzene rings is 2. The molecule has 1 amide bonds. The summed E-state index contributed by atoms with van der Waals surface area (Å²) in [6, 6.07) is 7.19. The molecule has 0 atom stereocenters. The Bertz CT molecular complexity index is 1090. The highest BCUT2D eigenvalue weighted by atomic mass is 35.5. The molecule has 0 saturated carbocycles. The first-order valence-electron chi connectivity index (χ1n) is 8.68. The molecule has 7 nitrogen and oxygen atoms in total. The predicted molar refractivity (Wildman–Crippen MR) is 110 cm³/mol. The number of amides is 1. The number of carbonyl (C=O) groups excluding carboxylic acids is 1. The van der Waals surface area contributed by atoms with Crippen molar-refractivity contribution in [1.82, 2.24) is 9.97 Å². The maximum atomic E-state index is 14.3. The predicted octanol–water partition coefficient (Wildman–Crippen LogP) is 4.28. The zero-order chi connectivity index (χ0) is 21.7. The molecule has 2 aromatic carbocycles. The van der Waals surface area contributed by atoms with Gasteiger partial charge in [-0.25, -0.2) is 18.7 Å². The third-order valence-corrected chi connectivity index (χ3v) is 4.59. The number of halogens is 4. The van der Waals surface area contributed by atoms with E-state index in [4.69, 9.17) is 38.4 Å². The van der Waals surface area contributed by atoms with Gasteiger partial charge in [-0.05, 0) is 24.3 Å². The first-order valence-corrected chi connectivity index (χ1v) is 9.44. The fraction of sp³-hybridized carbons (Fsp3) is 0.211. The Morgan fingerprint density at radius 1 is 1.10 bits per heavy atom. The first kappa shape index (κ1) is 21.9. The minimum atomic E-state index is -0.861. The van der Waals surface area contributed by atoms with Gasteiger partial charge in [0.25, 0.3) is 5.91 Å². The molecule has 0 radical (unpaired) electrons. The van der Waals surface area contributed by atoms with Crippen LogP contribution in [0.4, 0.5) is 20.3 Å². The number of carbonyl (C=O) groups is 1. The quantitative estimate of drug-likeness (QED) is 0.368. The third-order valence-electron chi connectivity index (χ3n) is 3.87. The van der Waals surface area contributed by atoms with Crippen LogP contribution in [0.15, 0.2) is 30.3 Å². The van der Waals surface area contributed by atoms with Crippen molar-refractivity contribution < 1.29 is 23.0 Å². The van der Waals surface area contributed by atoms with E-state index >= 15 is 0 Å². The van der Waals surface area contributed by atoms with Crippen molar-refractivity contribution >= 4 is 51.5 Å². The van der Waals surface area contributed by atoms with E-state index in [-0.39, 0.29) is 47.2 Å². The average molecular weight is 457 g/mol. The zero-order valence-electron chi connectivity index (χ0n) is 15.4. The van der Waals surface area contributed by atoms with E-state index in [0.29, 0.717) is 16.7 Å². The minimum absolute atomic E-state index is 0.00339. The molecule has 1 heterocycles. The molecule has 0 spiro atoms. The summed E-state index contributed by atoms with van der Waals surface area (Å²) < 4.78 is 36.8. The number of primary amides is 1. The van der Waals surface area contributed by atoms with E-state index in [2.05, 4.69) is 15.3 Å². The van der Waals surface area contributed by atoms with Gasteiger partial charge in [-0.15, -0.1) is 0 Å². The Morgan fingerprint density at radius 3 is 2.60 bits per heavy atom. The molecule has 0 bridgehead atoms. The summed E-state index contributed by atoms with van der Waals surface area (Å²) in [5.41, 5.74) is 5.66. The van der Waals surface area contributed by atoms with Crippen molar-refractivity contribution in [1.29, 1.82) is 0 Å². The molecule has 3 N–H and O–H groups in total. The smallest absolute Gasteiger partial charge is 0.286 e. The highest BCUT2D eigenvalue weighted by Gasteiger charge is 2.15. The standard InChI is InChI=1S/C19H16Cl2F2N4O3/c20-12-8-14(23)16(9-13(12)21)26-18-11-2-1-10(30-6-5-29-4-3-22)7-15(11)25-19(27-18)17(24)28/h1-2,7-9H,3-6H2,(H2,24,28)(H,25,26,27). The molecule has 0 aliphatic heterocycles. The van der Waals surface area contributed by atoms with Crippen molar-refractivity contribution in [3.63, 3.8) is 0 Å². The van der Waals surface area contributed by atoms with Gasteiger partial charge in [0.1, 0.15) is 30.7 Å². The van der Waals surface area contributed by atoms with Gasteiger partial charge in [0.2, 0.25) is 5.82 Å². The van der Waals surface area contributed by atoms with Crippen molar-refractivity contribution in [2.45, 2.75) is 0 Å². The van der Waals surface area contributed by atoms with Crippen LogP contribution in [0.5, 0.6) is 5.75 Å². The highest BCUT2D eigenvalue weighted by Crippen LogP contribution is 2.32. The van der Waals surface area contributed by atoms with Gasteiger partial charge >= 0.3 is 0 Å². The Labute approximate surface area is 180 Å². The molecule has 3 aromatic rings. The lowest BCUT2D eigenvalue weighted by Crippen LogP contribution is -2.16. The van der Waals surface area contributed by atoms with Crippen LogP contribution in [-0.4, -0.2) is 42.4 Å². The maximum absolute atomic E-state index is 14.3. The lowest BCUT2D eigenvalue weighted by molar-refractivity contribution is 0.0897. The van der Waals surface area contributed by atoms with Crippen LogP contribution in [0, 0.1) is 5.82 Å². The van der Waals surface area contributed by atoms with Gasteiger partial charge in [0.15, 0.2) is 0 Å². The maximum Gasteiger partial charge on any atom is 0.286 e. The SMILES string of the molecule is NC(=O)c1nc(Nc2cc(Cl)c(Cl)cc2F)c2ccc(OCCOCCF)cc2n1. The average Bonchev–Trinajstić information content (AvgIpc) is 2.71. The molecule has 11 heteroatoms. The van der Waals surface area contributed by atoms with Gasteiger partial charge in [0.05, 0.1) is 34.5 Å². The topological polar surface area (TPSA) is 99.4 Å². The van der Waals surface area contributed by atoms with E-state index in [1.165, 1.54) is 6.07 Å². The molecular weight excluding hydrogens is 441 g/mol. The van der Waals surface area contributed by atoms with Crippen LogP contribution in [0.1, 0.15) is 10.6 Å². The van der Waals surface area contributed by atoms with E-state index in [9.17, 15) is 13.6 Å². The number of nitrogens with two attached hydrogens (primary N) is 1. The summed E-state index contributed by atoms with van der Waals surface area (Å²) in [4.78, 5) is 19.9. The molecule has 3 rings (SSSR count). The molecule has 0 fully saturated rings. The summed E-state index contributed by atoms with van der Waals surface area (Å²) >= 11 is 11.8. The monoisotopic (exact) mass is 456 g/mol. The first-order chi connectivity index (χ1) is 14.4. The number of nitrogens with zero attached hydrogens (tertiary/aromatic N) is 2. The fourth-order valence-electron chi connectivity index (χ4n) is 2.53. The number of alkyl halides is 1. The van der Waals surface area contributed by atoms with Crippen molar-refractivity contribution in [2.75, 3.05) is 31.8 Å². The number of anilines is 2. The second kappa shape index (κ2) is 9.84. The van der Waals surface area contributed by atoms with Crippen LogP contribution < -0.4 is 15.8 Å². The molecule has 0 saturated heterocycles. The minimum Gasteiger partial charge on any atom is -0.491 e. The Morgan fingerprint density at radius 2 is 1.87 bits per heavy atom. The largest absolute Gasteiger partial charge is 0.491 e. The fourth-order valence-corrected chi connectivity index (χ4v) is 2.84. The van der Waals surface area contributed by atoms with Gasteiger partial charge in [-0.3, -0.25) is 4.79 Å². The molecule has 158 valence electrons. The molecule has 0 unspecified atom stereocenters. The third kappa shape index (κ3) is 5.24. The molecular formula is C19H16Cl2F2N4O3. The second-order valence-corrected chi connectivity index (χ2v) is 6.77.